The van der Waals surface area contributed by atoms with E-state index in [0.29, 0.717) is 76.8 Å². The second-order valence-corrected chi connectivity index (χ2v) is 8.83. The van der Waals surface area contributed by atoms with Gasteiger partial charge in [0.25, 0.3) is 0 Å². The SMILES string of the molecule is O=C(O)c1cc(CN2CCOCCN(Cc3cc(C(=O)O)cc(C(=O)O)c3)CCOCC2)cc(C(=O)O)c1. The van der Waals surface area contributed by atoms with Crippen LogP contribution in [-0.2, 0) is 22.6 Å². The van der Waals surface area contributed by atoms with Crippen LogP contribution in [0.15, 0.2) is 36.4 Å². The molecule has 0 aromatic heterocycles. The maximum absolute atomic E-state index is 11.4. The third kappa shape index (κ3) is 8.63. The van der Waals surface area contributed by atoms with Gasteiger partial charge >= 0.3 is 23.9 Å². The van der Waals surface area contributed by atoms with Crippen molar-refractivity contribution in [2.24, 2.45) is 0 Å². The fourth-order valence-electron chi connectivity index (χ4n) is 4.10. The molecule has 1 heterocycles. The Morgan fingerprint density at radius 2 is 0.789 bits per heavy atom. The summed E-state index contributed by atoms with van der Waals surface area (Å²) in [6, 6.07) is 8.09. The first-order valence-electron chi connectivity index (χ1n) is 11.9. The van der Waals surface area contributed by atoms with Crippen molar-refractivity contribution in [2.75, 3.05) is 52.6 Å². The Hall–Kier alpha value is -3.84. The summed E-state index contributed by atoms with van der Waals surface area (Å²) >= 11 is 0. The molecule has 0 spiro atoms. The minimum absolute atomic E-state index is 0.0915. The predicted octanol–water partition coefficient (Wildman–Crippen LogP) is 1.83. The van der Waals surface area contributed by atoms with Crippen LogP contribution in [0.4, 0.5) is 0 Å². The van der Waals surface area contributed by atoms with Gasteiger partial charge in [0.2, 0.25) is 0 Å². The van der Waals surface area contributed by atoms with Crippen molar-refractivity contribution in [2.45, 2.75) is 13.1 Å². The highest BCUT2D eigenvalue weighted by molar-refractivity contribution is 5.94. The van der Waals surface area contributed by atoms with E-state index in [-0.39, 0.29) is 22.3 Å². The van der Waals surface area contributed by atoms with E-state index in [1.165, 1.54) is 24.3 Å². The number of carboxylic acids is 4. The molecule has 0 atom stereocenters. The molecule has 204 valence electrons. The van der Waals surface area contributed by atoms with Crippen LogP contribution >= 0.6 is 0 Å². The third-order valence-electron chi connectivity index (χ3n) is 5.99. The molecule has 12 heteroatoms. The van der Waals surface area contributed by atoms with Crippen molar-refractivity contribution in [3.05, 3.63) is 69.8 Å². The molecule has 1 fully saturated rings. The molecule has 2 aromatic rings. The first-order chi connectivity index (χ1) is 18.1. The van der Waals surface area contributed by atoms with Gasteiger partial charge < -0.3 is 29.9 Å². The second-order valence-electron chi connectivity index (χ2n) is 8.83. The van der Waals surface area contributed by atoms with E-state index >= 15 is 0 Å². The number of ether oxygens (including phenoxy) is 2. The normalized spacial score (nSPS) is 16.2. The van der Waals surface area contributed by atoms with Crippen LogP contribution in [0, 0.1) is 0 Å². The Kier molecular flexibility index (Phi) is 10.3. The van der Waals surface area contributed by atoms with Gasteiger partial charge in [-0.25, -0.2) is 19.2 Å². The molecule has 2 aromatic carbocycles. The lowest BCUT2D eigenvalue weighted by Gasteiger charge is -2.26. The van der Waals surface area contributed by atoms with Crippen LogP contribution in [-0.4, -0.2) is 107 Å². The number of benzene rings is 2. The molecule has 0 radical (unpaired) electrons. The zero-order valence-electron chi connectivity index (χ0n) is 20.7. The molecule has 12 nitrogen and oxygen atoms in total. The van der Waals surface area contributed by atoms with Gasteiger partial charge in [-0.15, -0.1) is 0 Å². The number of hydrogen-bond donors (Lipinski definition) is 4. The largest absolute Gasteiger partial charge is 0.478 e. The number of carboxylic acid groups (broad SMARTS) is 4. The average Bonchev–Trinajstić information content (AvgIpc) is 2.86. The average molecular weight is 531 g/mol. The number of carbonyl (C=O) groups is 4. The number of nitrogens with zero attached hydrogens (tertiary/aromatic N) is 2. The Morgan fingerprint density at radius 3 is 1.03 bits per heavy atom. The van der Waals surface area contributed by atoms with E-state index in [9.17, 15) is 39.6 Å². The summed E-state index contributed by atoms with van der Waals surface area (Å²) in [5, 5.41) is 37.3. The van der Waals surface area contributed by atoms with E-state index in [1.54, 1.807) is 0 Å². The minimum Gasteiger partial charge on any atom is -0.478 e. The van der Waals surface area contributed by atoms with Crippen LogP contribution in [0.2, 0.25) is 0 Å². The first-order valence-corrected chi connectivity index (χ1v) is 11.9. The summed E-state index contributed by atoms with van der Waals surface area (Å²) in [5.41, 5.74) is 0.754. The molecular weight excluding hydrogens is 500 g/mol. The highest BCUT2D eigenvalue weighted by atomic mass is 16.5. The molecular formula is C26H30N2O10. The summed E-state index contributed by atoms with van der Waals surface area (Å²) in [5.74, 6) is -4.80. The smallest absolute Gasteiger partial charge is 0.335 e. The number of hydrogen-bond acceptors (Lipinski definition) is 8. The Bertz CT molecular complexity index is 1010. The van der Waals surface area contributed by atoms with Gasteiger partial charge in [-0.05, 0) is 47.5 Å². The lowest BCUT2D eigenvalue weighted by molar-refractivity contribution is 0.0341. The fraction of sp³-hybridized carbons (Fsp3) is 0.385. The van der Waals surface area contributed by atoms with Gasteiger partial charge in [-0.1, -0.05) is 0 Å². The Balaban J connectivity index is 1.61. The van der Waals surface area contributed by atoms with Crippen LogP contribution in [0.5, 0.6) is 0 Å². The first kappa shape index (κ1) is 28.7. The number of rotatable bonds is 8. The van der Waals surface area contributed by atoms with E-state index < -0.39 is 23.9 Å². The van der Waals surface area contributed by atoms with Gasteiger partial charge in [0.15, 0.2) is 0 Å². The lowest BCUT2D eigenvalue weighted by atomic mass is 10.0. The van der Waals surface area contributed by atoms with Crippen LogP contribution in [0.3, 0.4) is 0 Å². The zero-order valence-corrected chi connectivity index (χ0v) is 20.7. The van der Waals surface area contributed by atoms with Crippen molar-refractivity contribution in [1.82, 2.24) is 9.80 Å². The van der Waals surface area contributed by atoms with Crippen molar-refractivity contribution >= 4 is 23.9 Å². The van der Waals surface area contributed by atoms with Gasteiger partial charge in [0, 0.05) is 39.3 Å². The van der Waals surface area contributed by atoms with Crippen molar-refractivity contribution in [3.63, 3.8) is 0 Å². The summed E-state index contributed by atoms with van der Waals surface area (Å²) in [4.78, 5) is 49.6. The minimum atomic E-state index is -1.20. The molecule has 1 saturated heterocycles. The fourth-order valence-corrected chi connectivity index (χ4v) is 4.10. The zero-order chi connectivity index (χ0) is 27.7. The van der Waals surface area contributed by atoms with E-state index in [2.05, 4.69) is 0 Å². The maximum Gasteiger partial charge on any atom is 0.335 e. The molecule has 1 aliphatic heterocycles. The van der Waals surface area contributed by atoms with Crippen LogP contribution in [0.25, 0.3) is 0 Å². The molecule has 38 heavy (non-hydrogen) atoms. The molecule has 1 aliphatic rings. The maximum atomic E-state index is 11.4. The predicted molar refractivity (Wildman–Crippen MR) is 133 cm³/mol. The van der Waals surface area contributed by atoms with E-state index in [1.807, 2.05) is 9.80 Å². The summed E-state index contributed by atoms with van der Waals surface area (Å²) in [6.07, 6.45) is 0. The second kappa shape index (κ2) is 13.6. The standard InChI is InChI=1S/C26H30N2O10/c29-23(30)19-9-17(10-20(13-19)24(31)32)15-27-1-5-37-7-3-28(4-8-38-6-2-27)16-18-11-21(25(33)34)14-22(12-18)26(35)36/h9-14H,1-8,15-16H2,(H,29,30)(H,31,32)(H,33,34)(H,35,36). The molecule has 0 saturated carbocycles. The topological polar surface area (TPSA) is 174 Å². The summed E-state index contributed by atoms with van der Waals surface area (Å²) in [7, 11) is 0. The van der Waals surface area contributed by atoms with Gasteiger partial charge in [-0.2, -0.15) is 0 Å². The van der Waals surface area contributed by atoms with Gasteiger partial charge in [-0.3, -0.25) is 9.80 Å². The van der Waals surface area contributed by atoms with E-state index in [4.69, 9.17) is 9.47 Å². The molecule has 3 rings (SSSR count). The highest BCUT2D eigenvalue weighted by Gasteiger charge is 2.16. The molecule has 4 N–H and O–H groups in total. The monoisotopic (exact) mass is 530 g/mol. The highest BCUT2D eigenvalue weighted by Crippen LogP contribution is 2.15. The Labute approximate surface area is 218 Å². The quantitative estimate of drug-likeness (QED) is 0.390. The summed E-state index contributed by atoms with van der Waals surface area (Å²) < 4.78 is 11.6. The van der Waals surface area contributed by atoms with E-state index in [0.717, 1.165) is 12.1 Å². The van der Waals surface area contributed by atoms with Gasteiger partial charge in [0.1, 0.15) is 0 Å². The molecule has 0 bridgehead atoms. The van der Waals surface area contributed by atoms with Crippen LogP contribution < -0.4 is 0 Å². The van der Waals surface area contributed by atoms with Gasteiger partial charge in [0.05, 0.1) is 48.7 Å². The van der Waals surface area contributed by atoms with Crippen molar-refractivity contribution < 1.29 is 49.1 Å². The molecule has 0 amide bonds. The number of aromatic carboxylic acids is 4. The lowest BCUT2D eigenvalue weighted by Crippen LogP contribution is -2.35. The third-order valence-corrected chi connectivity index (χ3v) is 5.99. The van der Waals surface area contributed by atoms with Crippen molar-refractivity contribution in [1.29, 1.82) is 0 Å². The summed E-state index contributed by atoms with van der Waals surface area (Å²) in [6.45, 7) is 4.16. The Morgan fingerprint density at radius 1 is 0.526 bits per heavy atom. The van der Waals surface area contributed by atoms with Crippen LogP contribution in [0.1, 0.15) is 52.6 Å². The van der Waals surface area contributed by atoms with Crippen molar-refractivity contribution in [3.8, 4) is 0 Å². The molecule has 0 aliphatic carbocycles. The molecule has 0 unspecified atom stereocenters.